The molecule has 0 bridgehead atoms. The Morgan fingerprint density at radius 2 is 1.43 bits per heavy atom. The smallest absolute Gasteiger partial charge is 0.257 e. The van der Waals surface area contributed by atoms with Crippen LogP contribution >= 0.6 is 0 Å². The lowest BCUT2D eigenvalue weighted by Crippen LogP contribution is -2.37. The number of amides is 2. The molecule has 0 aromatic heterocycles. The van der Waals surface area contributed by atoms with Crippen molar-refractivity contribution in [3.63, 3.8) is 0 Å². The van der Waals surface area contributed by atoms with Gasteiger partial charge in [-0.1, -0.05) is 12.1 Å². The Hall–Kier alpha value is -3.22. The molecule has 28 heavy (non-hydrogen) atoms. The van der Waals surface area contributed by atoms with Crippen molar-refractivity contribution in [2.45, 2.75) is 6.42 Å². The SMILES string of the molecule is COc1cc(OC)cc(C(=O)N2CCCN(C(=O)c3ccccc3O)CC2)c1. The van der Waals surface area contributed by atoms with Crippen LogP contribution < -0.4 is 9.47 Å². The Balaban J connectivity index is 1.72. The number of phenols is 1. The summed E-state index contributed by atoms with van der Waals surface area (Å²) < 4.78 is 10.5. The number of hydrogen-bond donors (Lipinski definition) is 1. The van der Waals surface area contributed by atoms with Crippen molar-refractivity contribution in [1.82, 2.24) is 9.80 Å². The van der Waals surface area contributed by atoms with Crippen LogP contribution in [0.1, 0.15) is 27.1 Å². The fourth-order valence-electron chi connectivity index (χ4n) is 3.26. The summed E-state index contributed by atoms with van der Waals surface area (Å²) in [6.45, 7) is 1.89. The first-order valence-corrected chi connectivity index (χ1v) is 9.13. The van der Waals surface area contributed by atoms with E-state index in [1.165, 1.54) is 20.3 Å². The van der Waals surface area contributed by atoms with Gasteiger partial charge in [-0.2, -0.15) is 0 Å². The lowest BCUT2D eigenvalue weighted by molar-refractivity contribution is 0.0716. The molecule has 7 nitrogen and oxygen atoms in total. The van der Waals surface area contributed by atoms with Crippen LogP contribution in [0.2, 0.25) is 0 Å². The van der Waals surface area contributed by atoms with E-state index in [1.54, 1.807) is 46.2 Å². The van der Waals surface area contributed by atoms with E-state index in [4.69, 9.17) is 9.47 Å². The molecule has 0 atom stereocenters. The van der Waals surface area contributed by atoms with Crippen molar-refractivity contribution in [2.24, 2.45) is 0 Å². The summed E-state index contributed by atoms with van der Waals surface area (Å²) in [4.78, 5) is 29.1. The first kappa shape index (κ1) is 19.5. The largest absolute Gasteiger partial charge is 0.507 e. The zero-order valence-corrected chi connectivity index (χ0v) is 16.1. The molecule has 0 saturated carbocycles. The molecule has 1 aliphatic heterocycles. The maximum absolute atomic E-state index is 13.0. The molecule has 1 heterocycles. The van der Waals surface area contributed by atoms with E-state index in [2.05, 4.69) is 0 Å². The third-order valence-electron chi connectivity index (χ3n) is 4.80. The van der Waals surface area contributed by atoms with Crippen LogP contribution in [0.25, 0.3) is 0 Å². The standard InChI is InChI=1S/C21H24N2O5/c1-27-16-12-15(13-17(14-16)28-2)20(25)22-8-5-9-23(11-10-22)21(26)18-6-3-4-7-19(18)24/h3-4,6-7,12-14,24H,5,8-11H2,1-2H3. The molecule has 2 aromatic carbocycles. The minimum Gasteiger partial charge on any atom is -0.507 e. The van der Waals surface area contributed by atoms with Crippen molar-refractivity contribution in [3.8, 4) is 17.2 Å². The van der Waals surface area contributed by atoms with Crippen LogP contribution in [0, 0.1) is 0 Å². The maximum atomic E-state index is 13.0. The topological polar surface area (TPSA) is 79.3 Å². The first-order chi connectivity index (χ1) is 13.5. The van der Waals surface area contributed by atoms with Gasteiger partial charge in [0.2, 0.25) is 0 Å². The maximum Gasteiger partial charge on any atom is 0.257 e. The highest BCUT2D eigenvalue weighted by Crippen LogP contribution is 2.24. The molecule has 0 aliphatic carbocycles. The van der Waals surface area contributed by atoms with Gasteiger partial charge < -0.3 is 24.4 Å². The van der Waals surface area contributed by atoms with Crippen LogP contribution in [0.4, 0.5) is 0 Å². The van der Waals surface area contributed by atoms with E-state index >= 15 is 0 Å². The number of carbonyl (C=O) groups excluding carboxylic acids is 2. The Morgan fingerprint density at radius 3 is 2.00 bits per heavy atom. The molecular formula is C21H24N2O5. The molecule has 3 rings (SSSR count). The summed E-state index contributed by atoms with van der Waals surface area (Å²) >= 11 is 0. The number of ether oxygens (including phenoxy) is 2. The van der Waals surface area contributed by atoms with Crippen molar-refractivity contribution in [1.29, 1.82) is 0 Å². The second-order valence-electron chi connectivity index (χ2n) is 6.56. The van der Waals surface area contributed by atoms with E-state index in [9.17, 15) is 14.7 Å². The molecular weight excluding hydrogens is 360 g/mol. The van der Waals surface area contributed by atoms with E-state index < -0.39 is 0 Å². The minimum absolute atomic E-state index is 0.0341. The zero-order valence-electron chi connectivity index (χ0n) is 16.1. The molecule has 1 N–H and O–H groups in total. The minimum atomic E-state index is -0.226. The number of carbonyl (C=O) groups is 2. The van der Waals surface area contributed by atoms with Gasteiger partial charge in [0.1, 0.15) is 17.2 Å². The number of hydrogen-bond acceptors (Lipinski definition) is 5. The van der Waals surface area contributed by atoms with Crippen LogP contribution in [-0.4, -0.2) is 67.1 Å². The number of benzene rings is 2. The molecule has 148 valence electrons. The quantitative estimate of drug-likeness (QED) is 0.876. The van der Waals surface area contributed by atoms with Gasteiger partial charge in [0, 0.05) is 37.8 Å². The molecule has 7 heteroatoms. The van der Waals surface area contributed by atoms with Crippen LogP contribution in [-0.2, 0) is 0 Å². The molecule has 0 radical (unpaired) electrons. The second kappa shape index (κ2) is 8.65. The normalized spacial score (nSPS) is 14.4. The number of phenolic OH excluding ortho intramolecular Hbond substituents is 1. The van der Waals surface area contributed by atoms with E-state index in [0.717, 1.165) is 0 Å². The van der Waals surface area contributed by atoms with Crippen molar-refractivity contribution >= 4 is 11.8 Å². The molecule has 1 saturated heterocycles. The van der Waals surface area contributed by atoms with Crippen molar-refractivity contribution < 1.29 is 24.2 Å². The summed E-state index contributed by atoms with van der Waals surface area (Å²) in [7, 11) is 3.08. The highest BCUT2D eigenvalue weighted by atomic mass is 16.5. The molecule has 0 spiro atoms. The zero-order chi connectivity index (χ0) is 20.1. The molecule has 2 aromatic rings. The first-order valence-electron chi connectivity index (χ1n) is 9.13. The van der Waals surface area contributed by atoms with Crippen LogP contribution in [0.15, 0.2) is 42.5 Å². The summed E-state index contributed by atoms with van der Waals surface area (Å²) in [5.41, 5.74) is 0.761. The Kier molecular flexibility index (Phi) is 6.03. The van der Waals surface area contributed by atoms with Gasteiger partial charge >= 0.3 is 0 Å². The van der Waals surface area contributed by atoms with Gasteiger partial charge in [-0.3, -0.25) is 9.59 Å². The summed E-state index contributed by atoms with van der Waals surface area (Å²) in [5.74, 6) is 0.709. The summed E-state index contributed by atoms with van der Waals surface area (Å²) in [5, 5.41) is 9.93. The van der Waals surface area contributed by atoms with Gasteiger partial charge in [-0.15, -0.1) is 0 Å². The monoisotopic (exact) mass is 384 g/mol. The fourth-order valence-corrected chi connectivity index (χ4v) is 3.26. The third-order valence-corrected chi connectivity index (χ3v) is 4.80. The fraction of sp³-hybridized carbons (Fsp3) is 0.333. The summed E-state index contributed by atoms with van der Waals surface area (Å²) in [6.07, 6.45) is 0.659. The van der Waals surface area contributed by atoms with E-state index in [0.29, 0.717) is 49.7 Å². The third kappa shape index (κ3) is 4.19. The van der Waals surface area contributed by atoms with Crippen molar-refractivity contribution in [2.75, 3.05) is 40.4 Å². The van der Waals surface area contributed by atoms with Crippen LogP contribution in [0.5, 0.6) is 17.2 Å². The Labute approximate surface area is 164 Å². The molecule has 0 unspecified atom stereocenters. The highest BCUT2D eigenvalue weighted by molar-refractivity contribution is 5.97. The number of rotatable bonds is 4. The van der Waals surface area contributed by atoms with E-state index in [1.807, 2.05) is 0 Å². The number of aromatic hydroxyl groups is 1. The van der Waals surface area contributed by atoms with Gasteiger partial charge in [0.25, 0.3) is 11.8 Å². The van der Waals surface area contributed by atoms with Crippen molar-refractivity contribution in [3.05, 3.63) is 53.6 Å². The van der Waals surface area contributed by atoms with Gasteiger partial charge in [-0.05, 0) is 30.7 Å². The number of methoxy groups -OCH3 is 2. The van der Waals surface area contributed by atoms with Gasteiger partial charge in [0.05, 0.1) is 19.8 Å². The lowest BCUT2D eigenvalue weighted by Gasteiger charge is -2.23. The predicted molar refractivity (Wildman–Crippen MR) is 104 cm³/mol. The molecule has 2 amide bonds. The van der Waals surface area contributed by atoms with Gasteiger partial charge in [-0.25, -0.2) is 0 Å². The van der Waals surface area contributed by atoms with Gasteiger partial charge in [0.15, 0.2) is 0 Å². The average Bonchev–Trinajstić information content (AvgIpc) is 2.99. The summed E-state index contributed by atoms with van der Waals surface area (Å²) in [6, 6.07) is 11.6. The molecule has 1 fully saturated rings. The molecule has 1 aliphatic rings. The average molecular weight is 384 g/mol. The van der Waals surface area contributed by atoms with E-state index in [-0.39, 0.29) is 23.1 Å². The second-order valence-corrected chi connectivity index (χ2v) is 6.56. The number of nitrogens with zero attached hydrogens (tertiary/aromatic N) is 2. The lowest BCUT2D eigenvalue weighted by atomic mass is 10.1. The predicted octanol–water partition coefficient (Wildman–Crippen LogP) is 2.40. The highest BCUT2D eigenvalue weighted by Gasteiger charge is 2.25. The Morgan fingerprint density at radius 1 is 0.857 bits per heavy atom. The number of para-hydroxylation sites is 1. The van der Waals surface area contributed by atoms with Crippen LogP contribution in [0.3, 0.4) is 0 Å². The Bertz CT molecular complexity index is 845.